The highest BCUT2D eigenvalue weighted by Crippen LogP contribution is 2.15. The number of hydrogen-bond acceptors (Lipinski definition) is 1. The van der Waals surface area contributed by atoms with Crippen LogP contribution in [0.15, 0.2) is 48.5 Å². The van der Waals surface area contributed by atoms with Crippen molar-refractivity contribution in [2.45, 2.75) is 13.3 Å². The topological polar surface area (TPSA) is 37.3 Å². The Hall–Kier alpha value is -2.09. The molecule has 17 heavy (non-hydrogen) atoms. The zero-order chi connectivity index (χ0) is 12.3. The van der Waals surface area contributed by atoms with E-state index in [1.165, 1.54) is 5.56 Å². The van der Waals surface area contributed by atoms with Gasteiger partial charge in [-0.25, -0.2) is 4.79 Å². The Morgan fingerprint density at radius 3 is 2.35 bits per heavy atom. The highest BCUT2D eigenvalue weighted by atomic mass is 16.4. The Balaban J connectivity index is 2.30. The summed E-state index contributed by atoms with van der Waals surface area (Å²) >= 11 is 0. The molecule has 0 atom stereocenters. The molecule has 0 spiro atoms. The average molecular weight is 226 g/mol. The normalized spacial score (nSPS) is 10.2. The highest BCUT2D eigenvalue weighted by molar-refractivity contribution is 5.89. The lowest BCUT2D eigenvalue weighted by Crippen LogP contribution is -2.02. The maximum absolute atomic E-state index is 11.1. The van der Waals surface area contributed by atoms with Crippen LogP contribution in [-0.2, 0) is 6.42 Å². The fourth-order valence-electron chi connectivity index (χ4n) is 1.81. The predicted octanol–water partition coefficient (Wildman–Crippen LogP) is 3.28. The molecule has 2 aromatic rings. The molecule has 0 aliphatic heterocycles. The van der Waals surface area contributed by atoms with Crippen molar-refractivity contribution in [2.75, 3.05) is 0 Å². The van der Waals surface area contributed by atoms with Gasteiger partial charge in [0.2, 0.25) is 0 Å². The molecular weight excluding hydrogens is 212 g/mol. The summed E-state index contributed by atoms with van der Waals surface area (Å²) in [6.45, 7) is 2.04. The summed E-state index contributed by atoms with van der Waals surface area (Å²) in [6.07, 6.45) is 0.656. The van der Waals surface area contributed by atoms with Gasteiger partial charge in [0, 0.05) is 0 Å². The summed E-state index contributed by atoms with van der Waals surface area (Å²) in [4.78, 5) is 11.1. The molecule has 2 heteroatoms. The quantitative estimate of drug-likeness (QED) is 0.872. The highest BCUT2D eigenvalue weighted by Gasteiger charge is 2.08. The standard InChI is InChI=1S/C15H14O2/c1-11-6-8-12(9-7-11)10-13-4-2-3-5-14(13)15(16)17/h2-9H,10H2,1H3,(H,16,17). The van der Waals surface area contributed by atoms with Crippen molar-refractivity contribution < 1.29 is 9.90 Å². The van der Waals surface area contributed by atoms with Crippen molar-refractivity contribution >= 4 is 5.97 Å². The molecule has 86 valence electrons. The van der Waals surface area contributed by atoms with Crippen molar-refractivity contribution in [1.29, 1.82) is 0 Å². The summed E-state index contributed by atoms with van der Waals surface area (Å²) in [5.41, 5.74) is 3.57. The van der Waals surface area contributed by atoms with E-state index in [2.05, 4.69) is 0 Å². The summed E-state index contributed by atoms with van der Waals surface area (Å²) < 4.78 is 0. The van der Waals surface area contributed by atoms with Crippen LogP contribution in [0.2, 0.25) is 0 Å². The Bertz CT molecular complexity index is 527. The van der Waals surface area contributed by atoms with Crippen molar-refractivity contribution in [3.63, 3.8) is 0 Å². The second kappa shape index (κ2) is 4.83. The van der Waals surface area contributed by atoms with Crippen LogP contribution in [0.4, 0.5) is 0 Å². The zero-order valence-corrected chi connectivity index (χ0v) is 9.68. The molecule has 0 saturated heterocycles. The van der Waals surface area contributed by atoms with Gasteiger partial charge >= 0.3 is 5.97 Å². The van der Waals surface area contributed by atoms with Gasteiger partial charge in [0.25, 0.3) is 0 Å². The second-order valence-corrected chi connectivity index (χ2v) is 4.12. The molecule has 0 heterocycles. The van der Waals surface area contributed by atoms with Gasteiger partial charge in [-0.05, 0) is 30.5 Å². The lowest BCUT2D eigenvalue weighted by molar-refractivity contribution is 0.0696. The third-order valence-electron chi connectivity index (χ3n) is 2.76. The molecule has 0 aliphatic rings. The molecule has 1 N–H and O–H groups in total. The van der Waals surface area contributed by atoms with Gasteiger partial charge in [-0.15, -0.1) is 0 Å². The zero-order valence-electron chi connectivity index (χ0n) is 9.68. The van der Waals surface area contributed by atoms with E-state index >= 15 is 0 Å². The largest absolute Gasteiger partial charge is 0.478 e. The number of benzene rings is 2. The number of carbonyl (C=O) groups is 1. The maximum Gasteiger partial charge on any atom is 0.335 e. The van der Waals surface area contributed by atoms with E-state index in [4.69, 9.17) is 5.11 Å². The lowest BCUT2D eigenvalue weighted by Gasteiger charge is -2.06. The fourth-order valence-corrected chi connectivity index (χ4v) is 1.81. The molecule has 0 unspecified atom stereocenters. The molecule has 2 rings (SSSR count). The van der Waals surface area contributed by atoms with Gasteiger partial charge in [-0.2, -0.15) is 0 Å². The lowest BCUT2D eigenvalue weighted by atomic mass is 9.99. The minimum atomic E-state index is -0.868. The molecule has 0 bridgehead atoms. The van der Waals surface area contributed by atoms with Gasteiger partial charge in [0.15, 0.2) is 0 Å². The fraction of sp³-hybridized carbons (Fsp3) is 0.133. The Morgan fingerprint density at radius 2 is 1.71 bits per heavy atom. The first-order valence-corrected chi connectivity index (χ1v) is 5.53. The number of rotatable bonds is 3. The van der Waals surface area contributed by atoms with Gasteiger partial charge in [0.1, 0.15) is 0 Å². The van der Waals surface area contributed by atoms with E-state index in [0.29, 0.717) is 12.0 Å². The summed E-state index contributed by atoms with van der Waals surface area (Å²) in [5, 5.41) is 9.09. The summed E-state index contributed by atoms with van der Waals surface area (Å²) in [7, 11) is 0. The minimum Gasteiger partial charge on any atom is -0.478 e. The van der Waals surface area contributed by atoms with Crippen molar-refractivity contribution in [1.82, 2.24) is 0 Å². The van der Waals surface area contributed by atoms with Crippen LogP contribution in [0.25, 0.3) is 0 Å². The van der Waals surface area contributed by atoms with Crippen LogP contribution in [-0.4, -0.2) is 11.1 Å². The van der Waals surface area contributed by atoms with E-state index in [1.807, 2.05) is 43.3 Å². The van der Waals surface area contributed by atoms with Crippen molar-refractivity contribution in [2.24, 2.45) is 0 Å². The summed E-state index contributed by atoms with van der Waals surface area (Å²) in [5.74, 6) is -0.868. The third kappa shape index (κ3) is 2.72. The number of aromatic carboxylic acids is 1. The molecule has 0 aromatic heterocycles. The smallest absolute Gasteiger partial charge is 0.335 e. The first-order chi connectivity index (χ1) is 8.16. The van der Waals surface area contributed by atoms with Crippen molar-refractivity contribution in [3.05, 3.63) is 70.8 Å². The van der Waals surface area contributed by atoms with Crippen LogP contribution >= 0.6 is 0 Å². The van der Waals surface area contributed by atoms with E-state index < -0.39 is 5.97 Å². The first kappa shape index (κ1) is 11.4. The van der Waals surface area contributed by atoms with E-state index in [9.17, 15) is 4.79 Å². The first-order valence-electron chi connectivity index (χ1n) is 5.53. The van der Waals surface area contributed by atoms with Crippen LogP contribution < -0.4 is 0 Å². The molecule has 0 amide bonds. The van der Waals surface area contributed by atoms with Crippen LogP contribution in [0.3, 0.4) is 0 Å². The van der Waals surface area contributed by atoms with Crippen LogP contribution in [0.5, 0.6) is 0 Å². The Labute approximate surface area is 101 Å². The molecular formula is C15H14O2. The van der Waals surface area contributed by atoms with Crippen molar-refractivity contribution in [3.8, 4) is 0 Å². The van der Waals surface area contributed by atoms with Gasteiger partial charge in [-0.3, -0.25) is 0 Å². The molecule has 0 fully saturated rings. The van der Waals surface area contributed by atoms with Gasteiger partial charge in [0.05, 0.1) is 5.56 Å². The predicted molar refractivity (Wildman–Crippen MR) is 67.4 cm³/mol. The monoisotopic (exact) mass is 226 g/mol. The molecule has 0 radical (unpaired) electrons. The Morgan fingerprint density at radius 1 is 1.06 bits per heavy atom. The summed E-state index contributed by atoms with van der Waals surface area (Å²) in [6, 6.07) is 15.3. The second-order valence-electron chi connectivity index (χ2n) is 4.12. The van der Waals surface area contributed by atoms with E-state index in [-0.39, 0.29) is 0 Å². The SMILES string of the molecule is Cc1ccc(Cc2ccccc2C(=O)O)cc1. The molecule has 2 nitrogen and oxygen atoms in total. The van der Waals surface area contributed by atoms with Gasteiger partial charge in [-0.1, -0.05) is 48.0 Å². The van der Waals surface area contributed by atoms with E-state index in [0.717, 1.165) is 11.1 Å². The minimum absolute atomic E-state index is 0.382. The average Bonchev–Trinajstić information content (AvgIpc) is 2.32. The Kier molecular flexibility index (Phi) is 3.24. The maximum atomic E-state index is 11.1. The number of aryl methyl sites for hydroxylation is 1. The van der Waals surface area contributed by atoms with Crippen LogP contribution in [0.1, 0.15) is 27.0 Å². The van der Waals surface area contributed by atoms with Gasteiger partial charge < -0.3 is 5.11 Å². The molecule has 0 saturated carbocycles. The van der Waals surface area contributed by atoms with Crippen LogP contribution in [0, 0.1) is 6.92 Å². The van der Waals surface area contributed by atoms with E-state index in [1.54, 1.807) is 12.1 Å². The number of carboxylic acids is 1. The number of carboxylic acid groups (broad SMARTS) is 1. The third-order valence-corrected chi connectivity index (χ3v) is 2.76. The molecule has 0 aliphatic carbocycles. The molecule has 2 aromatic carbocycles. The number of hydrogen-bond donors (Lipinski definition) is 1.